The highest BCUT2D eigenvalue weighted by Gasteiger charge is 2.38. The summed E-state index contributed by atoms with van der Waals surface area (Å²) in [7, 11) is 0. The summed E-state index contributed by atoms with van der Waals surface area (Å²) in [6.45, 7) is 4.41. The van der Waals surface area contributed by atoms with Crippen LogP contribution in [0, 0.1) is 0 Å². The first kappa shape index (κ1) is 15.2. The molecule has 2 atom stereocenters. The normalized spacial score (nSPS) is 24.8. The Morgan fingerprint density at radius 1 is 1.62 bits per heavy atom. The SMILES string of the molecule is CC1OCCC1(C)NC(=O)NCc1cn(CC(=O)O)nn1. The molecule has 2 amide bonds. The largest absolute Gasteiger partial charge is 0.480 e. The van der Waals surface area contributed by atoms with Crippen LogP contribution < -0.4 is 10.6 Å². The van der Waals surface area contributed by atoms with Crippen molar-refractivity contribution in [3.63, 3.8) is 0 Å². The molecule has 2 rings (SSSR count). The van der Waals surface area contributed by atoms with Crippen molar-refractivity contribution in [1.82, 2.24) is 25.6 Å². The Morgan fingerprint density at radius 3 is 3.00 bits per heavy atom. The third-order valence-electron chi connectivity index (χ3n) is 3.60. The number of carboxylic acid groups (broad SMARTS) is 1. The van der Waals surface area contributed by atoms with E-state index >= 15 is 0 Å². The maximum Gasteiger partial charge on any atom is 0.325 e. The second-order valence-electron chi connectivity index (χ2n) is 5.29. The highest BCUT2D eigenvalue weighted by atomic mass is 16.5. The van der Waals surface area contributed by atoms with Crippen LogP contribution in [0.4, 0.5) is 4.79 Å². The first-order valence-corrected chi connectivity index (χ1v) is 6.67. The number of aromatic nitrogens is 3. The third-order valence-corrected chi connectivity index (χ3v) is 3.60. The maximum atomic E-state index is 11.9. The van der Waals surface area contributed by atoms with Gasteiger partial charge in [0.25, 0.3) is 0 Å². The van der Waals surface area contributed by atoms with Crippen molar-refractivity contribution in [2.75, 3.05) is 6.61 Å². The summed E-state index contributed by atoms with van der Waals surface area (Å²) < 4.78 is 6.65. The van der Waals surface area contributed by atoms with Gasteiger partial charge in [0, 0.05) is 6.61 Å². The number of amides is 2. The van der Waals surface area contributed by atoms with Gasteiger partial charge in [-0.25, -0.2) is 9.48 Å². The molecule has 0 bridgehead atoms. The van der Waals surface area contributed by atoms with E-state index in [1.807, 2.05) is 13.8 Å². The van der Waals surface area contributed by atoms with Gasteiger partial charge >= 0.3 is 12.0 Å². The van der Waals surface area contributed by atoms with Crippen molar-refractivity contribution in [3.05, 3.63) is 11.9 Å². The van der Waals surface area contributed by atoms with E-state index in [2.05, 4.69) is 20.9 Å². The minimum atomic E-state index is -1.000. The minimum absolute atomic E-state index is 0.0420. The molecule has 1 aliphatic rings. The second kappa shape index (κ2) is 6.08. The lowest BCUT2D eigenvalue weighted by Crippen LogP contribution is -2.53. The van der Waals surface area contributed by atoms with Crippen LogP contribution in [0.15, 0.2) is 6.20 Å². The molecule has 1 fully saturated rings. The molecule has 9 heteroatoms. The molecular formula is C12H19N5O4. The molecule has 1 saturated heterocycles. The first-order valence-electron chi connectivity index (χ1n) is 6.67. The second-order valence-corrected chi connectivity index (χ2v) is 5.29. The quantitative estimate of drug-likeness (QED) is 0.688. The van der Waals surface area contributed by atoms with E-state index in [0.717, 1.165) is 6.42 Å². The molecular weight excluding hydrogens is 278 g/mol. The van der Waals surface area contributed by atoms with Gasteiger partial charge < -0.3 is 20.5 Å². The minimum Gasteiger partial charge on any atom is -0.480 e. The van der Waals surface area contributed by atoms with Gasteiger partial charge in [-0.05, 0) is 20.3 Å². The Morgan fingerprint density at radius 2 is 2.38 bits per heavy atom. The summed E-state index contributed by atoms with van der Waals surface area (Å²) >= 11 is 0. The fourth-order valence-electron chi connectivity index (χ4n) is 2.11. The van der Waals surface area contributed by atoms with Crippen molar-refractivity contribution in [1.29, 1.82) is 0 Å². The molecule has 116 valence electrons. The molecule has 3 N–H and O–H groups in total. The molecule has 2 heterocycles. The van der Waals surface area contributed by atoms with Gasteiger partial charge in [-0.3, -0.25) is 4.79 Å². The van der Waals surface area contributed by atoms with E-state index in [1.54, 1.807) is 0 Å². The Balaban J connectivity index is 1.81. The Kier molecular flexibility index (Phi) is 4.41. The summed E-state index contributed by atoms with van der Waals surface area (Å²) in [5.74, 6) is -1.000. The Labute approximate surface area is 121 Å². The zero-order valence-corrected chi connectivity index (χ0v) is 12.0. The van der Waals surface area contributed by atoms with Gasteiger partial charge in [0.2, 0.25) is 0 Å². The molecule has 1 aromatic rings. The lowest BCUT2D eigenvalue weighted by molar-refractivity contribution is -0.137. The van der Waals surface area contributed by atoms with Gasteiger partial charge in [0.1, 0.15) is 12.2 Å². The van der Waals surface area contributed by atoms with Crippen LogP contribution in [-0.2, 0) is 22.6 Å². The van der Waals surface area contributed by atoms with Crippen LogP contribution in [0.5, 0.6) is 0 Å². The lowest BCUT2D eigenvalue weighted by atomic mass is 9.95. The zero-order valence-electron chi connectivity index (χ0n) is 12.0. The molecule has 0 aromatic carbocycles. The lowest BCUT2D eigenvalue weighted by Gasteiger charge is -2.28. The predicted octanol–water partition coefficient (Wildman–Crippen LogP) is -0.271. The van der Waals surface area contributed by atoms with Gasteiger partial charge in [0.15, 0.2) is 0 Å². The van der Waals surface area contributed by atoms with Crippen LogP contribution in [0.25, 0.3) is 0 Å². The Hall–Kier alpha value is -2.16. The van der Waals surface area contributed by atoms with Crippen LogP contribution in [0.3, 0.4) is 0 Å². The number of ether oxygens (including phenoxy) is 1. The van der Waals surface area contributed by atoms with Gasteiger partial charge in [-0.2, -0.15) is 0 Å². The molecule has 0 saturated carbocycles. The number of aliphatic carboxylic acids is 1. The molecule has 9 nitrogen and oxygen atoms in total. The molecule has 21 heavy (non-hydrogen) atoms. The maximum absolute atomic E-state index is 11.9. The van der Waals surface area contributed by atoms with Crippen molar-refractivity contribution < 1.29 is 19.4 Å². The highest BCUT2D eigenvalue weighted by molar-refractivity contribution is 5.74. The summed E-state index contributed by atoms with van der Waals surface area (Å²) in [5, 5.41) is 21.6. The van der Waals surface area contributed by atoms with Crippen LogP contribution in [-0.4, -0.2) is 50.4 Å². The summed E-state index contributed by atoms with van der Waals surface area (Å²) in [6, 6.07) is -0.317. The number of urea groups is 1. The number of hydrogen-bond donors (Lipinski definition) is 3. The smallest absolute Gasteiger partial charge is 0.325 e. The van der Waals surface area contributed by atoms with Crippen LogP contribution >= 0.6 is 0 Å². The van der Waals surface area contributed by atoms with Gasteiger partial charge in [-0.1, -0.05) is 5.21 Å². The highest BCUT2D eigenvalue weighted by Crippen LogP contribution is 2.24. The van der Waals surface area contributed by atoms with E-state index in [1.165, 1.54) is 10.9 Å². The van der Waals surface area contributed by atoms with Crippen LogP contribution in [0.1, 0.15) is 26.0 Å². The molecule has 2 unspecified atom stereocenters. The molecule has 0 spiro atoms. The van der Waals surface area contributed by atoms with E-state index in [0.29, 0.717) is 12.3 Å². The van der Waals surface area contributed by atoms with Crippen molar-refractivity contribution >= 4 is 12.0 Å². The molecule has 1 aliphatic heterocycles. The number of nitrogens with zero attached hydrogens (tertiary/aromatic N) is 3. The number of carboxylic acids is 1. The average Bonchev–Trinajstić information content (AvgIpc) is 2.95. The molecule has 0 radical (unpaired) electrons. The number of nitrogens with one attached hydrogen (secondary N) is 2. The topological polar surface area (TPSA) is 118 Å². The Bertz CT molecular complexity index is 531. The third kappa shape index (κ3) is 3.91. The zero-order chi connectivity index (χ0) is 15.5. The van der Waals surface area contributed by atoms with Gasteiger partial charge in [-0.15, -0.1) is 5.10 Å². The average molecular weight is 297 g/mol. The fraction of sp³-hybridized carbons (Fsp3) is 0.667. The standard InChI is InChI=1S/C12H19N5O4/c1-8-12(2,3-4-21-8)14-11(20)13-5-9-6-17(16-15-9)7-10(18)19/h6,8H,3-5,7H2,1-2H3,(H,18,19)(H2,13,14,20). The van der Waals surface area contributed by atoms with E-state index < -0.39 is 5.97 Å². The van der Waals surface area contributed by atoms with Crippen molar-refractivity contribution in [3.8, 4) is 0 Å². The van der Waals surface area contributed by atoms with Crippen molar-refractivity contribution in [2.45, 2.75) is 45.0 Å². The van der Waals surface area contributed by atoms with Gasteiger partial charge in [0.05, 0.1) is 24.4 Å². The summed E-state index contributed by atoms with van der Waals surface area (Å²) in [4.78, 5) is 22.4. The van der Waals surface area contributed by atoms with E-state index in [9.17, 15) is 9.59 Å². The van der Waals surface area contributed by atoms with E-state index in [-0.39, 0.29) is 30.8 Å². The number of carbonyl (C=O) groups excluding carboxylic acids is 1. The number of carbonyl (C=O) groups is 2. The number of rotatable bonds is 5. The van der Waals surface area contributed by atoms with E-state index in [4.69, 9.17) is 9.84 Å². The summed E-state index contributed by atoms with van der Waals surface area (Å²) in [5.41, 5.74) is 0.109. The first-order chi connectivity index (χ1) is 9.89. The summed E-state index contributed by atoms with van der Waals surface area (Å²) in [6.07, 6.45) is 2.20. The molecule has 0 aliphatic carbocycles. The van der Waals surface area contributed by atoms with Crippen molar-refractivity contribution in [2.24, 2.45) is 0 Å². The fourth-order valence-corrected chi connectivity index (χ4v) is 2.11. The molecule has 1 aromatic heterocycles. The predicted molar refractivity (Wildman–Crippen MR) is 71.5 cm³/mol. The monoisotopic (exact) mass is 297 g/mol. The van der Waals surface area contributed by atoms with Crippen LogP contribution in [0.2, 0.25) is 0 Å². The number of hydrogen-bond acceptors (Lipinski definition) is 5.